The van der Waals surface area contributed by atoms with Crippen molar-refractivity contribution in [3.8, 4) is 11.5 Å². The van der Waals surface area contributed by atoms with E-state index >= 15 is 0 Å². The molecule has 3 heterocycles. The van der Waals surface area contributed by atoms with E-state index in [0.29, 0.717) is 12.6 Å². The van der Waals surface area contributed by atoms with E-state index in [2.05, 4.69) is 12.1 Å². The van der Waals surface area contributed by atoms with E-state index in [1.54, 1.807) is 12.1 Å². The summed E-state index contributed by atoms with van der Waals surface area (Å²) >= 11 is 0. The van der Waals surface area contributed by atoms with E-state index in [1.165, 1.54) is 16.7 Å². The Kier molecular flexibility index (Phi) is 3.67. The van der Waals surface area contributed by atoms with Gasteiger partial charge in [-0.15, -0.1) is 0 Å². The van der Waals surface area contributed by atoms with Gasteiger partial charge < -0.3 is 23.7 Å². The number of rotatable bonds is 3. The van der Waals surface area contributed by atoms with Crippen molar-refractivity contribution >= 4 is 5.91 Å². The normalized spacial score (nSPS) is 17.5. The fourth-order valence-electron chi connectivity index (χ4n) is 3.10. The summed E-state index contributed by atoms with van der Waals surface area (Å²) in [6, 6.07) is 9.56. The molecule has 2 aliphatic heterocycles. The van der Waals surface area contributed by atoms with Gasteiger partial charge in [-0.05, 0) is 30.3 Å². The van der Waals surface area contributed by atoms with E-state index in [-0.39, 0.29) is 5.91 Å². The predicted molar refractivity (Wildman–Crippen MR) is 81.6 cm³/mol. The molecule has 23 heavy (non-hydrogen) atoms. The third kappa shape index (κ3) is 2.90. The third-order valence-corrected chi connectivity index (χ3v) is 4.38. The summed E-state index contributed by atoms with van der Waals surface area (Å²) in [6.45, 7) is 4.60. The van der Waals surface area contributed by atoms with Gasteiger partial charge in [-0.25, -0.2) is 0 Å². The van der Waals surface area contributed by atoms with Gasteiger partial charge in [0, 0.05) is 5.56 Å². The monoisotopic (exact) mass is 315 g/mol. The molecular formula is C17H19N2O4+. The molecule has 0 unspecified atom stereocenters. The minimum Gasteiger partial charge on any atom is -0.459 e. The number of ether oxygens (including phenoxy) is 2. The first-order chi connectivity index (χ1) is 11.3. The van der Waals surface area contributed by atoms with Crippen LogP contribution in [-0.2, 0) is 6.54 Å². The number of nitrogens with one attached hydrogen (secondary N) is 1. The van der Waals surface area contributed by atoms with Crippen LogP contribution in [-0.4, -0.2) is 43.8 Å². The number of piperazine rings is 1. The minimum absolute atomic E-state index is 0.0165. The Morgan fingerprint density at radius 3 is 2.74 bits per heavy atom. The van der Waals surface area contributed by atoms with Crippen molar-refractivity contribution in [1.29, 1.82) is 0 Å². The van der Waals surface area contributed by atoms with Gasteiger partial charge in [-0.1, -0.05) is 0 Å². The number of nitrogens with zero attached hydrogens (tertiary/aromatic N) is 1. The van der Waals surface area contributed by atoms with Crippen molar-refractivity contribution in [1.82, 2.24) is 4.90 Å². The number of carbonyl (C=O) groups is 1. The van der Waals surface area contributed by atoms with Crippen molar-refractivity contribution in [2.45, 2.75) is 6.54 Å². The van der Waals surface area contributed by atoms with Gasteiger partial charge in [0.05, 0.1) is 32.4 Å². The quantitative estimate of drug-likeness (QED) is 0.899. The van der Waals surface area contributed by atoms with Crippen molar-refractivity contribution in [3.63, 3.8) is 0 Å². The Morgan fingerprint density at radius 1 is 1.13 bits per heavy atom. The maximum absolute atomic E-state index is 12.2. The number of hydrogen-bond acceptors (Lipinski definition) is 4. The molecule has 0 spiro atoms. The van der Waals surface area contributed by atoms with Gasteiger partial charge in [0.25, 0.3) is 5.91 Å². The zero-order valence-corrected chi connectivity index (χ0v) is 12.8. The Labute approximate surface area is 134 Å². The summed E-state index contributed by atoms with van der Waals surface area (Å²) in [5, 5.41) is 0. The lowest BCUT2D eigenvalue weighted by Gasteiger charge is -2.31. The number of benzene rings is 1. The Morgan fingerprint density at radius 2 is 1.96 bits per heavy atom. The first kappa shape index (κ1) is 14.1. The maximum Gasteiger partial charge on any atom is 0.289 e. The minimum atomic E-state index is -0.0165. The summed E-state index contributed by atoms with van der Waals surface area (Å²) in [5.74, 6) is 2.05. The predicted octanol–water partition coefficient (Wildman–Crippen LogP) is 0.549. The van der Waals surface area contributed by atoms with Crippen LogP contribution in [0.1, 0.15) is 16.1 Å². The highest BCUT2D eigenvalue weighted by Gasteiger charge is 2.26. The van der Waals surface area contributed by atoms with Crippen molar-refractivity contribution in [2.24, 2.45) is 0 Å². The smallest absolute Gasteiger partial charge is 0.289 e. The lowest BCUT2D eigenvalue weighted by atomic mass is 10.1. The molecule has 4 rings (SSSR count). The summed E-state index contributed by atoms with van der Waals surface area (Å²) in [4.78, 5) is 15.6. The highest BCUT2D eigenvalue weighted by Crippen LogP contribution is 2.32. The molecule has 1 aromatic carbocycles. The maximum atomic E-state index is 12.2. The standard InChI is InChI=1S/C17H18N2O4/c20-17(15-2-1-9-21-15)19-7-5-18(6-8-19)11-13-3-4-14-16(10-13)23-12-22-14/h1-4,9-10H,5-8,11-12H2/p+1. The third-order valence-electron chi connectivity index (χ3n) is 4.38. The number of carbonyl (C=O) groups excluding carboxylic acids is 1. The van der Waals surface area contributed by atoms with Crippen LogP contribution in [0.5, 0.6) is 11.5 Å². The van der Waals surface area contributed by atoms with Crippen LogP contribution in [0.4, 0.5) is 0 Å². The topological polar surface area (TPSA) is 56.4 Å². The van der Waals surface area contributed by atoms with E-state index in [9.17, 15) is 4.79 Å². The Bertz CT molecular complexity index is 691. The van der Waals surface area contributed by atoms with Gasteiger partial charge in [-0.2, -0.15) is 0 Å². The summed E-state index contributed by atoms with van der Waals surface area (Å²) in [6.07, 6.45) is 1.54. The van der Waals surface area contributed by atoms with Gasteiger partial charge >= 0.3 is 0 Å². The van der Waals surface area contributed by atoms with E-state index in [0.717, 1.165) is 44.2 Å². The van der Waals surface area contributed by atoms with E-state index in [1.807, 2.05) is 11.0 Å². The van der Waals surface area contributed by atoms with Crippen molar-refractivity contribution < 1.29 is 23.6 Å². The van der Waals surface area contributed by atoms with Gasteiger partial charge in [0.1, 0.15) is 6.54 Å². The van der Waals surface area contributed by atoms with Crippen LogP contribution < -0.4 is 14.4 Å². The van der Waals surface area contributed by atoms with Crippen LogP contribution in [0.2, 0.25) is 0 Å². The molecule has 2 aliphatic rings. The number of amides is 1. The Hall–Kier alpha value is -2.47. The van der Waals surface area contributed by atoms with Crippen LogP contribution in [0.25, 0.3) is 0 Å². The first-order valence-electron chi connectivity index (χ1n) is 7.84. The molecule has 0 saturated carbocycles. The number of quaternary nitrogens is 1. The van der Waals surface area contributed by atoms with E-state index in [4.69, 9.17) is 13.9 Å². The number of hydrogen-bond donors (Lipinski definition) is 1. The van der Waals surface area contributed by atoms with Crippen LogP contribution >= 0.6 is 0 Å². The highest BCUT2D eigenvalue weighted by atomic mass is 16.7. The average Bonchev–Trinajstić information content (AvgIpc) is 3.26. The second-order valence-corrected chi connectivity index (χ2v) is 5.88. The molecule has 1 fully saturated rings. The molecule has 2 aromatic rings. The molecule has 1 amide bonds. The van der Waals surface area contributed by atoms with Crippen LogP contribution in [0.3, 0.4) is 0 Å². The lowest BCUT2D eigenvalue weighted by molar-refractivity contribution is -0.917. The fraction of sp³-hybridized carbons (Fsp3) is 0.353. The van der Waals surface area contributed by atoms with Gasteiger partial charge in [0.15, 0.2) is 17.3 Å². The zero-order valence-electron chi connectivity index (χ0n) is 12.8. The average molecular weight is 315 g/mol. The summed E-state index contributed by atoms with van der Waals surface area (Å²) in [7, 11) is 0. The number of furan rings is 1. The number of fused-ring (bicyclic) bond motifs is 1. The van der Waals surface area contributed by atoms with Crippen LogP contribution in [0, 0.1) is 0 Å². The fourth-order valence-corrected chi connectivity index (χ4v) is 3.10. The van der Waals surface area contributed by atoms with Crippen LogP contribution in [0.15, 0.2) is 41.0 Å². The summed E-state index contributed by atoms with van der Waals surface area (Å²) in [5.41, 5.74) is 1.23. The first-order valence-corrected chi connectivity index (χ1v) is 7.84. The zero-order chi connectivity index (χ0) is 15.6. The van der Waals surface area contributed by atoms with Crippen molar-refractivity contribution in [3.05, 3.63) is 47.9 Å². The molecule has 0 radical (unpaired) electrons. The molecule has 0 aliphatic carbocycles. The molecular weight excluding hydrogens is 296 g/mol. The van der Waals surface area contributed by atoms with E-state index < -0.39 is 0 Å². The SMILES string of the molecule is O=C(c1ccco1)N1CC[NH+](Cc2ccc3c(c2)OCO3)CC1. The second-order valence-electron chi connectivity index (χ2n) is 5.88. The van der Waals surface area contributed by atoms with Gasteiger partial charge in [-0.3, -0.25) is 4.79 Å². The molecule has 120 valence electrons. The molecule has 6 heteroatoms. The second kappa shape index (κ2) is 5.96. The molecule has 1 N–H and O–H groups in total. The highest BCUT2D eigenvalue weighted by molar-refractivity contribution is 5.91. The van der Waals surface area contributed by atoms with Gasteiger partial charge in [0.2, 0.25) is 6.79 Å². The molecule has 1 saturated heterocycles. The van der Waals surface area contributed by atoms with Crippen molar-refractivity contribution in [2.75, 3.05) is 33.0 Å². The Balaban J connectivity index is 1.34. The molecule has 6 nitrogen and oxygen atoms in total. The molecule has 1 aromatic heterocycles. The largest absolute Gasteiger partial charge is 0.459 e. The lowest BCUT2D eigenvalue weighted by Crippen LogP contribution is -3.13. The summed E-state index contributed by atoms with van der Waals surface area (Å²) < 4.78 is 16.0. The molecule has 0 bridgehead atoms. The molecule has 0 atom stereocenters.